The monoisotopic (exact) mass is 384 g/mol. The molecule has 5 heteroatoms. The average molecular weight is 385 g/mol. The molecule has 0 aromatic heterocycles. The lowest BCUT2D eigenvalue weighted by Gasteiger charge is -2.45. The second kappa shape index (κ2) is 9.38. The summed E-state index contributed by atoms with van der Waals surface area (Å²) in [6.07, 6.45) is 7.96. The predicted octanol–water partition coefficient (Wildman–Crippen LogP) is 2.67. The molecule has 3 aliphatic rings. The Morgan fingerprint density at radius 3 is 2.18 bits per heavy atom. The van der Waals surface area contributed by atoms with Crippen molar-refractivity contribution in [2.45, 2.75) is 50.5 Å². The van der Waals surface area contributed by atoms with Crippen molar-refractivity contribution >= 4 is 11.5 Å². The normalized spacial score (nSPS) is 24.4. The van der Waals surface area contributed by atoms with E-state index in [9.17, 15) is 4.79 Å². The third-order valence-electron chi connectivity index (χ3n) is 6.88. The summed E-state index contributed by atoms with van der Waals surface area (Å²) in [4.78, 5) is 18.7. The zero-order valence-corrected chi connectivity index (χ0v) is 17.2. The molecule has 0 amide bonds. The van der Waals surface area contributed by atoms with E-state index in [1.54, 1.807) is 0 Å². The van der Waals surface area contributed by atoms with E-state index in [2.05, 4.69) is 44.7 Å². The van der Waals surface area contributed by atoms with Crippen LogP contribution in [0.3, 0.4) is 0 Å². The van der Waals surface area contributed by atoms with Crippen LogP contribution in [0.1, 0.15) is 55.3 Å². The number of rotatable bonds is 4. The smallest absolute Gasteiger partial charge is 0.183 e. The van der Waals surface area contributed by atoms with Gasteiger partial charge in [-0.2, -0.15) is 0 Å². The molecule has 1 aliphatic carbocycles. The molecule has 5 nitrogen and oxygen atoms in total. The molecule has 2 N–H and O–H groups in total. The van der Waals surface area contributed by atoms with Gasteiger partial charge in [-0.05, 0) is 63.0 Å². The lowest BCUT2D eigenvalue weighted by Crippen LogP contribution is -2.56. The first kappa shape index (κ1) is 19.9. The fourth-order valence-electron chi connectivity index (χ4n) is 5.29. The van der Waals surface area contributed by atoms with Gasteiger partial charge in [0.2, 0.25) is 0 Å². The van der Waals surface area contributed by atoms with Crippen molar-refractivity contribution in [2.75, 3.05) is 57.3 Å². The number of carbonyl (C=O) groups is 1. The molecular weight excluding hydrogens is 348 g/mol. The van der Waals surface area contributed by atoms with Gasteiger partial charge in [-0.15, -0.1) is 0 Å². The van der Waals surface area contributed by atoms with Crippen LogP contribution in [0.5, 0.6) is 0 Å². The molecule has 2 heterocycles. The standard InChI is InChI=1S/C23H36N4O/c28-22(20-6-8-21(9-7-20)26-16-4-12-24-14-18-26)23(10-2-1-3-11-23)27-17-5-13-25-15-19-27/h6-9,24-25H,1-5,10-19H2. The second-order valence-corrected chi connectivity index (χ2v) is 8.65. The van der Waals surface area contributed by atoms with Crippen molar-refractivity contribution in [1.82, 2.24) is 15.5 Å². The van der Waals surface area contributed by atoms with Gasteiger partial charge in [-0.25, -0.2) is 0 Å². The summed E-state index contributed by atoms with van der Waals surface area (Å²) in [6.45, 7) is 8.36. The van der Waals surface area contributed by atoms with Gasteiger partial charge in [0.05, 0.1) is 5.54 Å². The van der Waals surface area contributed by atoms with Gasteiger partial charge in [-0.1, -0.05) is 19.3 Å². The van der Waals surface area contributed by atoms with Crippen molar-refractivity contribution in [2.24, 2.45) is 0 Å². The van der Waals surface area contributed by atoms with Crippen LogP contribution in [0.2, 0.25) is 0 Å². The lowest BCUT2D eigenvalue weighted by molar-refractivity contribution is 0.0402. The van der Waals surface area contributed by atoms with E-state index in [4.69, 9.17) is 0 Å². The molecule has 0 spiro atoms. The van der Waals surface area contributed by atoms with Crippen LogP contribution in [0, 0.1) is 0 Å². The lowest BCUT2D eigenvalue weighted by atomic mass is 9.75. The number of carbonyl (C=O) groups excluding carboxylic acids is 1. The molecule has 2 aliphatic heterocycles. The number of ketones is 1. The summed E-state index contributed by atoms with van der Waals surface area (Å²) < 4.78 is 0. The van der Waals surface area contributed by atoms with Crippen molar-refractivity contribution in [3.63, 3.8) is 0 Å². The molecule has 4 rings (SSSR count). The van der Waals surface area contributed by atoms with Crippen LogP contribution in [0.15, 0.2) is 24.3 Å². The van der Waals surface area contributed by atoms with Crippen LogP contribution in [-0.4, -0.2) is 68.6 Å². The number of benzene rings is 1. The van der Waals surface area contributed by atoms with Gasteiger partial charge >= 0.3 is 0 Å². The number of anilines is 1. The summed E-state index contributed by atoms with van der Waals surface area (Å²) in [5.41, 5.74) is 1.87. The molecule has 3 fully saturated rings. The zero-order valence-electron chi connectivity index (χ0n) is 17.2. The third kappa shape index (κ3) is 4.27. The summed E-state index contributed by atoms with van der Waals surface area (Å²) in [7, 11) is 0. The Hall–Kier alpha value is -1.43. The highest BCUT2D eigenvalue weighted by molar-refractivity contribution is 6.03. The van der Waals surface area contributed by atoms with Crippen molar-refractivity contribution in [3.05, 3.63) is 29.8 Å². The first-order chi connectivity index (χ1) is 13.8. The van der Waals surface area contributed by atoms with E-state index in [1.807, 2.05) is 0 Å². The van der Waals surface area contributed by atoms with Gasteiger partial charge < -0.3 is 15.5 Å². The van der Waals surface area contributed by atoms with Crippen molar-refractivity contribution < 1.29 is 4.79 Å². The van der Waals surface area contributed by atoms with Gasteiger partial charge in [0, 0.05) is 50.5 Å². The van der Waals surface area contributed by atoms with Crippen LogP contribution in [0.25, 0.3) is 0 Å². The molecule has 0 atom stereocenters. The quantitative estimate of drug-likeness (QED) is 0.782. The van der Waals surface area contributed by atoms with Crippen LogP contribution in [-0.2, 0) is 0 Å². The van der Waals surface area contributed by atoms with E-state index < -0.39 is 0 Å². The predicted molar refractivity (Wildman–Crippen MR) is 115 cm³/mol. The highest BCUT2D eigenvalue weighted by Crippen LogP contribution is 2.37. The van der Waals surface area contributed by atoms with Gasteiger partial charge in [0.1, 0.15) is 0 Å². The zero-order chi connectivity index (χ0) is 19.2. The molecule has 1 aromatic rings. The van der Waals surface area contributed by atoms with Crippen molar-refractivity contribution in [1.29, 1.82) is 0 Å². The number of hydrogen-bond donors (Lipinski definition) is 2. The Balaban J connectivity index is 1.54. The van der Waals surface area contributed by atoms with Gasteiger partial charge in [-0.3, -0.25) is 9.69 Å². The van der Waals surface area contributed by atoms with E-state index >= 15 is 0 Å². The minimum atomic E-state index is -0.279. The summed E-state index contributed by atoms with van der Waals surface area (Å²) >= 11 is 0. The van der Waals surface area contributed by atoms with E-state index in [0.29, 0.717) is 5.78 Å². The van der Waals surface area contributed by atoms with E-state index in [-0.39, 0.29) is 5.54 Å². The number of Topliss-reactive ketones (excluding diaryl/α,β-unsaturated/α-hetero) is 1. The average Bonchev–Trinajstić information content (AvgIpc) is 3.20. The minimum absolute atomic E-state index is 0.279. The SMILES string of the molecule is O=C(c1ccc(N2CCCNCC2)cc1)C1(N2CCCNCC2)CCCCC1. The van der Waals surface area contributed by atoms with Gasteiger partial charge in [0.25, 0.3) is 0 Å². The Kier molecular flexibility index (Phi) is 6.65. The maximum atomic E-state index is 13.8. The largest absolute Gasteiger partial charge is 0.370 e. The molecule has 1 aromatic carbocycles. The Morgan fingerprint density at radius 2 is 1.43 bits per heavy atom. The Labute approximate surface area is 169 Å². The highest BCUT2D eigenvalue weighted by Gasteiger charge is 2.44. The van der Waals surface area contributed by atoms with Crippen LogP contribution in [0.4, 0.5) is 5.69 Å². The molecule has 2 saturated heterocycles. The Bertz CT molecular complexity index is 623. The second-order valence-electron chi connectivity index (χ2n) is 8.65. The molecule has 0 bridgehead atoms. The summed E-state index contributed by atoms with van der Waals surface area (Å²) in [5, 5.41) is 6.96. The number of nitrogens with one attached hydrogen (secondary N) is 2. The first-order valence-electron chi connectivity index (χ1n) is 11.4. The maximum Gasteiger partial charge on any atom is 0.183 e. The maximum absolute atomic E-state index is 13.8. The molecule has 0 unspecified atom stereocenters. The Morgan fingerprint density at radius 1 is 0.750 bits per heavy atom. The number of hydrogen-bond acceptors (Lipinski definition) is 5. The molecule has 0 radical (unpaired) electrons. The fourth-order valence-corrected chi connectivity index (χ4v) is 5.29. The number of nitrogens with zero attached hydrogens (tertiary/aromatic N) is 2. The fraction of sp³-hybridized carbons (Fsp3) is 0.696. The topological polar surface area (TPSA) is 47.6 Å². The molecule has 154 valence electrons. The molecule has 28 heavy (non-hydrogen) atoms. The summed E-state index contributed by atoms with van der Waals surface area (Å²) in [5.74, 6) is 0.359. The molecular formula is C23H36N4O. The van der Waals surface area contributed by atoms with Gasteiger partial charge in [0.15, 0.2) is 5.78 Å². The highest BCUT2D eigenvalue weighted by atomic mass is 16.1. The van der Waals surface area contributed by atoms with Crippen molar-refractivity contribution in [3.8, 4) is 0 Å². The third-order valence-corrected chi connectivity index (χ3v) is 6.88. The van der Waals surface area contributed by atoms with E-state index in [1.165, 1.54) is 31.4 Å². The minimum Gasteiger partial charge on any atom is -0.370 e. The first-order valence-corrected chi connectivity index (χ1v) is 11.4. The van der Waals surface area contributed by atoms with Crippen LogP contribution >= 0.6 is 0 Å². The van der Waals surface area contributed by atoms with Crippen LogP contribution < -0.4 is 15.5 Å². The van der Waals surface area contributed by atoms with E-state index in [0.717, 1.165) is 77.2 Å². The molecule has 1 saturated carbocycles. The summed E-state index contributed by atoms with van der Waals surface area (Å²) in [6, 6.07) is 8.50.